The molecule has 1 atom stereocenters. The summed E-state index contributed by atoms with van der Waals surface area (Å²) in [5.41, 5.74) is 2.68. The van der Waals surface area contributed by atoms with Gasteiger partial charge in [-0.15, -0.1) is 11.3 Å². The molecule has 1 aliphatic carbocycles. The normalized spacial score (nSPS) is 19.8. The van der Waals surface area contributed by atoms with E-state index in [4.69, 9.17) is 21.3 Å². The molecule has 3 aromatic rings. The number of hydrogen-bond acceptors (Lipinski definition) is 6. The predicted octanol–water partition coefficient (Wildman–Crippen LogP) is 5.34. The molecule has 0 spiro atoms. The molecule has 0 saturated carbocycles. The van der Waals surface area contributed by atoms with E-state index >= 15 is 0 Å². The van der Waals surface area contributed by atoms with Gasteiger partial charge < -0.3 is 9.64 Å². The van der Waals surface area contributed by atoms with E-state index in [1.807, 2.05) is 23.5 Å². The fraction of sp³-hybridized carbons (Fsp3) is 0.538. The Morgan fingerprint density at radius 1 is 1.24 bits per heavy atom. The van der Waals surface area contributed by atoms with Crippen LogP contribution in [0.5, 0.6) is 5.75 Å². The second-order valence-corrected chi connectivity index (χ2v) is 11.0. The summed E-state index contributed by atoms with van der Waals surface area (Å²) in [7, 11) is 6.02. The van der Waals surface area contributed by atoms with Crippen LogP contribution in [0.3, 0.4) is 0 Å². The van der Waals surface area contributed by atoms with Crippen molar-refractivity contribution >= 4 is 33.2 Å². The smallest absolute Gasteiger partial charge is 0.144 e. The van der Waals surface area contributed by atoms with Crippen molar-refractivity contribution in [2.45, 2.75) is 57.0 Å². The SMILES string of the molecule is COc1ccc(CC2CCCc3c2sc2nc(CN4CCC(N(C)C)CC4)n[c]c32)cc1Cl. The number of benzene rings is 1. The summed E-state index contributed by atoms with van der Waals surface area (Å²) in [5, 5.41) is 1.82. The summed E-state index contributed by atoms with van der Waals surface area (Å²) in [6, 6.07) is 6.85. The van der Waals surface area contributed by atoms with Gasteiger partial charge in [-0.3, -0.25) is 4.90 Å². The van der Waals surface area contributed by atoms with E-state index in [1.54, 1.807) is 7.11 Å². The molecule has 175 valence electrons. The van der Waals surface area contributed by atoms with Gasteiger partial charge in [0.15, 0.2) is 0 Å². The fourth-order valence-corrected chi connectivity index (χ4v) is 6.95. The monoisotopic (exact) mass is 483 g/mol. The first-order valence-corrected chi connectivity index (χ1v) is 13.1. The van der Waals surface area contributed by atoms with Crippen molar-refractivity contribution in [1.82, 2.24) is 19.8 Å². The fourth-order valence-electron chi connectivity index (χ4n) is 5.34. The number of aryl methyl sites for hydroxylation is 1. The Morgan fingerprint density at radius 2 is 2.06 bits per heavy atom. The van der Waals surface area contributed by atoms with Crippen LogP contribution in [-0.4, -0.2) is 60.1 Å². The number of hydrogen-bond donors (Lipinski definition) is 0. The molecule has 1 aromatic carbocycles. The van der Waals surface area contributed by atoms with Gasteiger partial charge in [0.2, 0.25) is 0 Å². The zero-order valence-electron chi connectivity index (χ0n) is 19.7. The van der Waals surface area contributed by atoms with Crippen LogP contribution in [0.4, 0.5) is 0 Å². The minimum absolute atomic E-state index is 0.499. The molecule has 1 aliphatic heterocycles. The maximum Gasteiger partial charge on any atom is 0.144 e. The number of thiophene rings is 1. The summed E-state index contributed by atoms with van der Waals surface area (Å²) in [6.45, 7) is 3.04. The average Bonchev–Trinajstić information content (AvgIpc) is 3.18. The van der Waals surface area contributed by atoms with Gasteiger partial charge in [-0.05, 0) is 81.8 Å². The van der Waals surface area contributed by atoms with Crippen molar-refractivity contribution in [2.24, 2.45) is 0 Å². The Morgan fingerprint density at radius 3 is 2.79 bits per heavy atom. The standard InChI is InChI=1S/C26H32ClN4OS/c1-30(2)19-9-11-31(12-10-19)16-24-28-15-21-20-6-4-5-18(25(20)33-26(21)29-24)13-17-7-8-23(32-3)22(27)14-17/h7-8,14,18-19H,4-6,9-13,16H2,1-3H3. The van der Waals surface area contributed by atoms with Crippen molar-refractivity contribution in [2.75, 3.05) is 34.3 Å². The highest BCUT2D eigenvalue weighted by Gasteiger charge is 2.27. The molecule has 0 bridgehead atoms. The lowest BCUT2D eigenvalue weighted by Gasteiger charge is -2.34. The Balaban J connectivity index is 1.33. The number of aromatic nitrogens is 2. The molecule has 2 aliphatic rings. The van der Waals surface area contributed by atoms with Gasteiger partial charge in [0.05, 0.1) is 18.7 Å². The lowest BCUT2D eigenvalue weighted by atomic mass is 9.84. The van der Waals surface area contributed by atoms with Crippen LogP contribution in [0, 0.1) is 6.20 Å². The van der Waals surface area contributed by atoms with Crippen molar-refractivity contribution in [1.29, 1.82) is 0 Å². The van der Waals surface area contributed by atoms with E-state index in [-0.39, 0.29) is 0 Å². The molecule has 3 heterocycles. The summed E-state index contributed by atoms with van der Waals surface area (Å²) < 4.78 is 5.31. The molecular weight excluding hydrogens is 452 g/mol. The van der Waals surface area contributed by atoms with Gasteiger partial charge in [0, 0.05) is 29.4 Å². The molecule has 1 unspecified atom stereocenters. The number of methoxy groups -OCH3 is 1. The first kappa shape index (κ1) is 23.0. The van der Waals surface area contributed by atoms with Crippen LogP contribution >= 0.6 is 22.9 Å². The van der Waals surface area contributed by atoms with Gasteiger partial charge in [0.1, 0.15) is 22.6 Å². The summed E-state index contributed by atoms with van der Waals surface area (Å²) in [4.78, 5) is 17.1. The molecule has 0 N–H and O–H groups in total. The third kappa shape index (κ3) is 4.90. The molecular formula is C26H32ClN4OS. The van der Waals surface area contributed by atoms with Crippen molar-refractivity contribution in [3.05, 3.63) is 51.2 Å². The van der Waals surface area contributed by atoms with Gasteiger partial charge in [-0.2, -0.15) is 0 Å². The van der Waals surface area contributed by atoms with Gasteiger partial charge in [-0.1, -0.05) is 17.7 Å². The molecule has 33 heavy (non-hydrogen) atoms. The Hall–Kier alpha value is -1.73. The topological polar surface area (TPSA) is 41.5 Å². The van der Waals surface area contributed by atoms with E-state index in [0.29, 0.717) is 17.0 Å². The molecule has 0 amide bonds. The van der Waals surface area contributed by atoms with Crippen molar-refractivity contribution < 1.29 is 4.74 Å². The van der Waals surface area contributed by atoms with Crippen LogP contribution in [-0.2, 0) is 19.4 Å². The highest BCUT2D eigenvalue weighted by Crippen LogP contribution is 2.43. The highest BCUT2D eigenvalue weighted by molar-refractivity contribution is 7.19. The minimum Gasteiger partial charge on any atom is -0.495 e. The van der Waals surface area contributed by atoms with Crippen LogP contribution in [0.1, 0.15) is 53.4 Å². The third-order valence-corrected chi connectivity index (χ3v) is 8.83. The number of ether oxygens (including phenoxy) is 1. The van der Waals surface area contributed by atoms with E-state index in [2.05, 4.69) is 41.1 Å². The molecule has 1 saturated heterocycles. The van der Waals surface area contributed by atoms with Gasteiger partial charge in [-0.25, -0.2) is 9.97 Å². The van der Waals surface area contributed by atoms with Crippen LogP contribution in [0.2, 0.25) is 5.02 Å². The maximum absolute atomic E-state index is 6.38. The first-order chi connectivity index (χ1) is 16.0. The number of halogens is 1. The van der Waals surface area contributed by atoms with E-state index in [9.17, 15) is 0 Å². The summed E-state index contributed by atoms with van der Waals surface area (Å²) >= 11 is 8.23. The first-order valence-electron chi connectivity index (χ1n) is 11.9. The number of likely N-dealkylation sites (tertiary alicyclic amines) is 1. The summed E-state index contributed by atoms with van der Waals surface area (Å²) in [6.07, 6.45) is 10.3. The average molecular weight is 484 g/mol. The van der Waals surface area contributed by atoms with E-state index < -0.39 is 0 Å². The van der Waals surface area contributed by atoms with Gasteiger partial charge in [0.25, 0.3) is 0 Å². The van der Waals surface area contributed by atoms with Crippen molar-refractivity contribution in [3.8, 4) is 5.75 Å². The van der Waals surface area contributed by atoms with Crippen LogP contribution in [0.15, 0.2) is 18.2 Å². The zero-order chi connectivity index (χ0) is 22.9. The number of piperidine rings is 1. The number of fused-ring (bicyclic) bond motifs is 3. The molecule has 5 nitrogen and oxygen atoms in total. The quantitative estimate of drug-likeness (QED) is 0.473. The number of rotatable bonds is 6. The summed E-state index contributed by atoms with van der Waals surface area (Å²) in [5.74, 6) is 2.14. The van der Waals surface area contributed by atoms with E-state index in [1.165, 1.54) is 41.7 Å². The zero-order valence-corrected chi connectivity index (χ0v) is 21.3. The van der Waals surface area contributed by atoms with Crippen LogP contribution in [0.25, 0.3) is 10.2 Å². The minimum atomic E-state index is 0.499. The Labute approximate surface area is 205 Å². The molecule has 2 aromatic heterocycles. The van der Waals surface area contributed by atoms with Crippen molar-refractivity contribution in [3.63, 3.8) is 0 Å². The Bertz CT molecular complexity index is 1120. The largest absolute Gasteiger partial charge is 0.495 e. The number of nitrogens with zero attached hydrogens (tertiary/aromatic N) is 4. The highest BCUT2D eigenvalue weighted by atomic mass is 35.5. The van der Waals surface area contributed by atoms with E-state index in [0.717, 1.165) is 54.3 Å². The second kappa shape index (κ2) is 9.87. The lowest BCUT2D eigenvalue weighted by Crippen LogP contribution is -2.41. The molecule has 5 rings (SSSR count). The van der Waals surface area contributed by atoms with Gasteiger partial charge >= 0.3 is 0 Å². The molecule has 1 radical (unpaired) electrons. The Kier molecular flexibility index (Phi) is 6.89. The molecule has 7 heteroatoms. The maximum atomic E-state index is 6.38. The predicted molar refractivity (Wildman–Crippen MR) is 136 cm³/mol. The van der Waals surface area contributed by atoms with Crippen LogP contribution < -0.4 is 4.74 Å². The lowest BCUT2D eigenvalue weighted by molar-refractivity contribution is 0.138. The third-order valence-electron chi connectivity index (χ3n) is 7.25. The second-order valence-electron chi connectivity index (χ2n) is 9.61. The molecule has 1 fully saturated rings.